The van der Waals surface area contributed by atoms with E-state index >= 15 is 0 Å². The van der Waals surface area contributed by atoms with Crippen molar-refractivity contribution in [2.45, 2.75) is 33.2 Å². The molecular formula is C15H21NO2. The summed E-state index contributed by atoms with van der Waals surface area (Å²) in [6, 6.07) is 7.00. The van der Waals surface area contributed by atoms with Crippen molar-refractivity contribution in [3.8, 4) is 5.75 Å². The number of amides is 1. The van der Waals surface area contributed by atoms with Crippen LogP contribution in [0.5, 0.6) is 5.75 Å². The highest BCUT2D eigenvalue weighted by Crippen LogP contribution is 2.29. The molecule has 1 aromatic carbocycles. The molecule has 0 spiro atoms. The second-order valence-electron chi connectivity index (χ2n) is 5.53. The molecule has 2 rings (SSSR count). The van der Waals surface area contributed by atoms with Crippen LogP contribution in [-0.4, -0.2) is 28.5 Å². The van der Waals surface area contributed by atoms with Gasteiger partial charge >= 0.3 is 0 Å². The summed E-state index contributed by atoms with van der Waals surface area (Å²) < 4.78 is 0. The Morgan fingerprint density at radius 1 is 1.28 bits per heavy atom. The van der Waals surface area contributed by atoms with Crippen molar-refractivity contribution in [1.29, 1.82) is 0 Å². The van der Waals surface area contributed by atoms with Crippen LogP contribution in [0.3, 0.4) is 0 Å². The molecule has 1 fully saturated rings. The van der Waals surface area contributed by atoms with Crippen molar-refractivity contribution in [2.75, 3.05) is 6.54 Å². The summed E-state index contributed by atoms with van der Waals surface area (Å²) in [4.78, 5) is 14.4. The third kappa shape index (κ3) is 2.35. The number of carbonyl (C=O) groups is 1. The average Bonchev–Trinajstić information content (AvgIpc) is 2.33. The molecular weight excluding hydrogens is 226 g/mol. The number of nitrogens with zero attached hydrogens (tertiary/aromatic N) is 1. The van der Waals surface area contributed by atoms with E-state index in [1.54, 1.807) is 24.3 Å². The first kappa shape index (κ1) is 12.9. The Morgan fingerprint density at radius 3 is 2.61 bits per heavy atom. The number of rotatable bonds is 1. The average molecular weight is 247 g/mol. The molecule has 1 aliphatic rings. The maximum Gasteiger partial charge on any atom is 0.257 e. The zero-order chi connectivity index (χ0) is 13.3. The monoisotopic (exact) mass is 247 g/mol. The number of hydrogen-bond donors (Lipinski definition) is 1. The van der Waals surface area contributed by atoms with Gasteiger partial charge in [0.25, 0.3) is 5.91 Å². The van der Waals surface area contributed by atoms with Gasteiger partial charge in [0, 0.05) is 12.6 Å². The van der Waals surface area contributed by atoms with E-state index in [2.05, 4.69) is 20.8 Å². The lowest BCUT2D eigenvalue weighted by Gasteiger charge is -2.41. The number of para-hydroxylation sites is 1. The van der Waals surface area contributed by atoms with Gasteiger partial charge in [-0.1, -0.05) is 26.0 Å². The first-order valence-corrected chi connectivity index (χ1v) is 6.59. The van der Waals surface area contributed by atoms with Crippen LogP contribution in [0.1, 0.15) is 37.6 Å². The van der Waals surface area contributed by atoms with E-state index in [1.807, 2.05) is 4.90 Å². The van der Waals surface area contributed by atoms with Crippen molar-refractivity contribution in [2.24, 2.45) is 11.8 Å². The van der Waals surface area contributed by atoms with E-state index in [-0.39, 0.29) is 17.7 Å². The fourth-order valence-corrected chi connectivity index (χ4v) is 2.79. The molecule has 1 amide bonds. The fourth-order valence-electron chi connectivity index (χ4n) is 2.79. The molecule has 0 saturated carbocycles. The summed E-state index contributed by atoms with van der Waals surface area (Å²) in [5.74, 6) is 1.04. The first-order chi connectivity index (χ1) is 8.50. The van der Waals surface area contributed by atoms with E-state index in [0.717, 1.165) is 13.0 Å². The molecule has 1 aliphatic heterocycles. The van der Waals surface area contributed by atoms with E-state index < -0.39 is 0 Å². The maximum absolute atomic E-state index is 12.5. The number of piperidine rings is 1. The molecule has 0 aliphatic carbocycles. The summed E-state index contributed by atoms with van der Waals surface area (Å²) >= 11 is 0. The van der Waals surface area contributed by atoms with Gasteiger partial charge in [-0.15, -0.1) is 0 Å². The molecule has 3 heteroatoms. The van der Waals surface area contributed by atoms with E-state index in [4.69, 9.17) is 0 Å². The van der Waals surface area contributed by atoms with Gasteiger partial charge in [0.15, 0.2) is 0 Å². The van der Waals surface area contributed by atoms with Gasteiger partial charge in [-0.3, -0.25) is 4.79 Å². The summed E-state index contributed by atoms with van der Waals surface area (Å²) in [5.41, 5.74) is 0.408. The molecule has 3 unspecified atom stereocenters. The highest BCUT2D eigenvalue weighted by atomic mass is 16.3. The van der Waals surface area contributed by atoms with Crippen LogP contribution in [0.2, 0.25) is 0 Å². The number of likely N-dealkylation sites (tertiary alicyclic amines) is 1. The zero-order valence-corrected chi connectivity index (χ0v) is 11.3. The number of phenols is 1. The first-order valence-electron chi connectivity index (χ1n) is 6.59. The van der Waals surface area contributed by atoms with Crippen LogP contribution in [0.15, 0.2) is 24.3 Å². The molecule has 1 heterocycles. The van der Waals surface area contributed by atoms with Gasteiger partial charge < -0.3 is 10.0 Å². The van der Waals surface area contributed by atoms with E-state index in [9.17, 15) is 9.90 Å². The molecule has 98 valence electrons. The predicted octanol–water partition coefficient (Wildman–Crippen LogP) is 2.90. The Kier molecular flexibility index (Phi) is 3.60. The van der Waals surface area contributed by atoms with Gasteiger partial charge in [-0.2, -0.15) is 0 Å². The summed E-state index contributed by atoms with van der Waals surface area (Å²) in [6.07, 6.45) is 1.16. The number of phenolic OH excluding ortho intramolecular Hbond substituents is 1. The van der Waals surface area contributed by atoms with Crippen molar-refractivity contribution < 1.29 is 9.90 Å². The van der Waals surface area contributed by atoms with Crippen LogP contribution in [0, 0.1) is 11.8 Å². The SMILES string of the molecule is CC1CC(C)C(C)N(C(=O)c2ccccc2O)C1. The lowest BCUT2D eigenvalue weighted by molar-refractivity contribution is 0.0453. The number of aromatic hydroxyl groups is 1. The minimum absolute atomic E-state index is 0.0565. The molecule has 0 aromatic heterocycles. The van der Waals surface area contributed by atoms with Crippen molar-refractivity contribution in [1.82, 2.24) is 4.90 Å². The highest BCUT2D eigenvalue weighted by molar-refractivity contribution is 5.97. The molecule has 3 atom stereocenters. The van der Waals surface area contributed by atoms with Crippen LogP contribution in [0.4, 0.5) is 0 Å². The standard InChI is InChI=1S/C15H21NO2/c1-10-8-11(2)12(3)16(9-10)15(18)13-6-4-5-7-14(13)17/h4-7,10-12,17H,8-9H2,1-3H3. The minimum atomic E-state index is -0.0565. The molecule has 3 nitrogen and oxygen atoms in total. The largest absolute Gasteiger partial charge is 0.507 e. The second kappa shape index (κ2) is 5.01. The van der Waals surface area contributed by atoms with Crippen molar-refractivity contribution >= 4 is 5.91 Å². The van der Waals surface area contributed by atoms with Gasteiger partial charge in [-0.05, 0) is 37.3 Å². The quantitative estimate of drug-likeness (QED) is 0.829. The van der Waals surface area contributed by atoms with Crippen LogP contribution in [0.25, 0.3) is 0 Å². The topological polar surface area (TPSA) is 40.5 Å². The second-order valence-corrected chi connectivity index (χ2v) is 5.53. The zero-order valence-electron chi connectivity index (χ0n) is 11.3. The summed E-state index contributed by atoms with van der Waals surface area (Å²) in [6.45, 7) is 7.23. The van der Waals surface area contributed by atoms with Crippen LogP contribution < -0.4 is 0 Å². The Bertz CT molecular complexity index is 444. The number of hydrogen-bond acceptors (Lipinski definition) is 2. The third-order valence-corrected chi connectivity index (χ3v) is 3.99. The van der Waals surface area contributed by atoms with Gasteiger partial charge in [0.05, 0.1) is 5.56 Å². The molecule has 1 N–H and O–H groups in total. The lowest BCUT2D eigenvalue weighted by atomic mass is 9.85. The molecule has 1 aromatic rings. The Hall–Kier alpha value is -1.51. The van der Waals surface area contributed by atoms with E-state index in [1.165, 1.54) is 0 Å². The maximum atomic E-state index is 12.5. The Morgan fingerprint density at radius 2 is 1.94 bits per heavy atom. The molecule has 0 bridgehead atoms. The normalized spacial score (nSPS) is 28.2. The fraction of sp³-hybridized carbons (Fsp3) is 0.533. The highest BCUT2D eigenvalue weighted by Gasteiger charge is 2.32. The Labute approximate surface area is 108 Å². The molecule has 18 heavy (non-hydrogen) atoms. The van der Waals surface area contributed by atoms with Crippen molar-refractivity contribution in [3.63, 3.8) is 0 Å². The summed E-state index contributed by atoms with van der Waals surface area (Å²) in [5, 5.41) is 9.78. The van der Waals surface area contributed by atoms with Gasteiger partial charge in [-0.25, -0.2) is 0 Å². The Balaban J connectivity index is 2.25. The van der Waals surface area contributed by atoms with Crippen LogP contribution in [-0.2, 0) is 0 Å². The smallest absolute Gasteiger partial charge is 0.257 e. The van der Waals surface area contributed by atoms with Gasteiger partial charge in [0.1, 0.15) is 5.75 Å². The van der Waals surface area contributed by atoms with Crippen LogP contribution >= 0.6 is 0 Å². The van der Waals surface area contributed by atoms with Gasteiger partial charge in [0.2, 0.25) is 0 Å². The molecule has 1 saturated heterocycles. The summed E-state index contributed by atoms with van der Waals surface area (Å²) in [7, 11) is 0. The van der Waals surface area contributed by atoms with Crippen molar-refractivity contribution in [3.05, 3.63) is 29.8 Å². The predicted molar refractivity (Wildman–Crippen MR) is 71.6 cm³/mol. The third-order valence-electron chi connectivity index (χ3n) is 3.99. The lowest BCUT2D eigenvalue weighted by Crippen LogP contribution is -2.48. The number of benzene rings is 1. The number of carbonyl (C=O) groups excluding carboxylic acids is 1. The minimum Gasteiger partial charge on any atom is -0.507 e. The molecule has 0 radical (unpaired) electrons. The van der Waals surface area contributed by atoms with E-state index in [0.29, 0.717) is 17.4 Å².